The number of likely N-dealkylation sites (tertiary alicyclic amines) is 1. The van der Waals surface area contributed by atoms with Gasteiger partial charge in [0, 0.05) is 10.4 Å². The monoisotopic (exact) mass is 267 g/mol. The molecular formula is C14H25N3S. The average Bonchev–Trinajstić information content (AvgIpc) is 2.49. The summed E-state index contributed by atoms with van der Waals surface area (Å²) < 4.78 is 0. The predicted molar refractivity (Wildman–Crippen MR) is 77.8 cm³/mol. The molecule has 2 rings (SSSR count). The van der Waals surface area contributed by atoms with E-state index in [0.29, 0.717) is 0 Å². The van der Waals surface area contributed by atoms with E-state index in [2.05, 4.69) is 25.7 Å². The fraction of sp³-hybridized carbons (Fsp3) is 0.786. The van der Waals surface area contributed by atoms with Crippen LogP contribution in [0.5, 0.6) is 0 Å². The molecule has 0 spiro atoms. The summed E-state index contributed by atoms with van der Waals surface area (Å²) >= 11 is 1.79. The molecule has 2 N–H and O–H groups in total. The van der Waals surface area contributed by atoms with Crippen LogP contribution in [0, 0.1) is 6.92 Å². The predicted octanol–water partition coefficient (Wildman–Crippen LogP) is 3.02. The molecule has 4 heteroatoms. The van der Waals surface area contributed by atoms with Crippen molar-refractivity contribution in [3.8, 4) is 0 Å². The molecule has 0 bridgehead atoms. The lowest BCUT2D eigenvalue weighted by atomic mass is 10.0. The Kier molecular flexibility index (Phi) is 4.41. The summed E-state index contributed by atoms with van der Waals surface area (Å²) in [6, 6.07) is 0. The zero-order chi connectivity index (χ0) is 13.2. The molecule has 1 fully saturated rings. The number of aromatic nitrogens is 1. The number of aryl methyl sites for hydroxylation is 1. The summed E-state index contributed by atoms with van der Waals surface area (Å²) in [5.74, 6) is 0. The summed E-state index contributed by atoms with van der Waals surface area (Å²) in [5.41, 5.74) is 7.03. The van der Waals surface area contributed by atoms with E-state index in [-0.39, 0.29) is 5.54 Å². The van der Waals surface area contributed by atoms with E-state index in [0.717, 1.165) is 12.2 Å². The van der Waals surface area contributed by atoms with Crippen LogP contribution in [0.1, 0.15) is 55.1 Å². The molecule has 0 atom stereocenters. The van der Waals surface area contributed by atoms with Crippen molar-refractivity contribution in [3.63, 3.8) is 0 Å². The first-order chi connectivity index (χ1) is 8.47. The highest BCUT2D eigenvalue weighted by atomic mass is 32.1. The molecule has 102 valence electrons. The smallest absolute Gasteiger partial charge is 0.107 e. The van der Waals surface area contributed by atoms with Gasteiger partial charge in [-0.05, 0) is 46.7 Å². The van der Waals surface area contributed by atoms with Crippen LogP contribution in [0.15, 0.2) is 0 Å². The highest BCUT2D eigenvalue weighted by Crippen LogP contribution is 2.28. The molecule has 1 aliphatic rings. The Morgan fingerprint density at radius 3 is 2.33 bits per heavy atom. The summed E-state index contributed by atoms with van der Waals surface area (Å²) in [4.78, 5) is 8.47. The van der Waals surface area contributed by atoms with Gasteiger partial charge in [-0.2, -0.15) is 0 Å². The van der Waals surface area contributed by atoms with Gasteiger partial charge in [0.25, 0.3) is 0 Å². The first kappa shape index (κ1) is 14.0. The van der Waals surface area contributed by atoms with Crippen molar-refractivity contribution in [2.24, 2.45) is 5.73 Å². The number of hydrogen-bond donors (Lipinski definition) is 1. The van der Waals surface area contributed by atoms with Gasteiger partial charge in [-0.25, -0.2) is 4.98 Å². The van der Waals surface area contributed by atoms with Gasteiger partial charge in [-0.3, -0.25) is 4.90 Å². The molecule has 0 amide bonds. The van der Waals surface area contributed by atoms with Crippen LogP contribution in [0.4, 0.5) is 0 Å². The van der Waals surface area contributed by atoms with E-state index in [1.807, 2.05) is 0 Å². The van der Waals surface area contributed by atoms with Crippen molar-refractivity contribution in [1.29, 1.82) is 0 Å². The van der Waals surface area contributed by atoms with Crippen LogP contribution in [0.25, 0.3) is 0 Å². The van der Waals surface area contributed by atoms with Gasteiger partial charge in [0.05, 0.1) is 12.2 Å². The molecular weight excluding hydrogens is 242 g/mol. The Bertz CT molecular complexity index is 384. The Morgan fingerprint density at radius 1 is 1.22 bits per heavy atom. The Morgan fingerprint density at radius 2 is 1.83 bits per heavy atom. The standard InChI is InChI=1S/C14H25N3S/c1-11-13(14(2,3)15)18-12(16-11)10-17-8-6-4-5-7-9-17/h4-10,15H2,1-3H3. The molecule has 1 aliphatic heterocycles. The first-order valence-corrected chi connectivity index (χ1v) is 7.76. The number of nitrogens with zero attached hydrogens (tertiary/aromatic N) is 2. The van der Waals surface area contributed by atoms with Gasteiger partial charge in [-0.15, -0.1) is 11.3 Å². The SMILES string of the molecule is Cc1nc(CN2CCCCCC2)sc1C(C)(C)N. The van der Waals surface area contributed by atoms with E-state index in [1.165, 1.54) is 48.7 Å². The van der Waals surface area contributed by atoms with Gasteiger partial charge in [-0.1, -0.05) is 12.8 Å². The van der Waals surface area contributed by atoms with Gasteiger partial charge in [0.2, 0.25) is 0 Å². The topological polar surface area (TPSA) is 42.2 Å². The molecule has 2 heterocycles. The molecule has 0 aliphatic carbocycles. The lowest BCUT2D eigenvalue weighted by Gasteiger charge is -2.18. The van der Waals surface area contributed by atoms with Crippen molar-refractivity contribution in [3.05, 3.63) is 15.6 Å². The zero-order valence-corrected chi connectivity index (χ0v) is 12.6. The fourth-order valence-corrected chi connectivity index (χ4v) is 3.73. The number of hydrogen-bond acceptors (Lipinski definition) is 4. The quantitative estimate of drug-likeness (QED) is 0.915. The zero-order valence-electron chi connectivity index (χ0n) is 11.8. The molecule has 1 saturated heterocycles. The number of thiazole rings is 1. The Balaban J connectivity index is 2.05. The van der Waals surface area contributed by atoms with Crippen LogP contribution in [-0.4, -0.2) is 23.0 Å². The van der Waals surface area contributed by atoms with Crippen molar-refractivity contribution in [2.75, 3.05) is 13.1 Å². The first-order valence-electron chi connectivity index (χ1n) is 6.95. The van der Waals surface area contributed by atoms with E-state index in [4.69, 9.17) is 10.7 Å². The minimum absolute atomic E-state index is 0.265. The third-order valence-corrected chi connectivity index (χ3v) is 4.97. The fourth-order valence-electron chi connectivity index (χ4n) is 2.60. The highest BCUT2D eigenvalue weighted by molar-refractivity contribution is 7.11. The average molecular weight is 267 g/mol. The molecule has 18 heavy (non-hydrogen) atoms. The minimum Gasteiger partial charge on any atom is -0.321 e. The van der Waals surface area contributed by atoms with Crippen molar-refractivity contribution >= 4 is 11.3 Å². The van der Waals surface area contributed by atoms with Crippen LogP contribution in [0.3, 0.4) is 0 Å². The largest absolute Gasteiger partial charge is 0.321 e. The van der Waals surface area contributed by atoms with Crippen molar-refractivity contribution in [2.45, 2.75) is 58.5 Å². The molecule has 1 aromatic heterocycles. The van der Waals surface area contributed by atoms with Crippen LogP contribution in [0.2, 0.25) is 0 Å². The van der Waals surface area contributed by atoms with E-state index >= 15 is 0 Å². The highest BCUT2D eigenvalue weighted by Gasteiger charge is 2.22. The lowest BCUT2D eigenvalue weighted by Crippen LogP contribution is -2.28. The van der Waals surface area contributed by atoms with Crippen LogP contribution >= 0.6 is 11.3 Å². The van der Waals surface area contributed by atoms with Gasteiger partial charge in [0.1, 0.15) is 5.01 Å². The molecule has 0 radical (unpaired) electrons. The third-order valence-electron chi connectivity index (χ3n) is 3.48. The number of rotatable bonds is 3. The summed E-state index contributed by atoms with van der Waals surface area (Å²) in [6.45, 7) is 9.64. The van der Waals surface area contributed by atoms with Crippen molar-refractivity contribution in [1.82, 2.24) is 9.88 Å². The molecule has 1 aromatic rings. The summed E-state index contributed by atoms with van der Waals surface area (Å²) in [5, 5.41) is 1.22. The van der Waals surface area contributed by atoms with Crippen molar-refractivity contribution < 1.29 is 0 Å². The Labute approximate surface area is 114 Å². The maximum Gasteiger partial charge on any atom is 0.107 e. The van der Waals surface area contributed by atoms with Gasteiger partial charge < -0.3 is 5.73 Å². The third kappa shape index (κ3) is 3.53. The summed E-state index contributed by atoms with van der Waals surface area (Å²) in [7, 11) is 0. The van der Waals surface area contributed by atoms with Gasteiger partial charge in [0.15, 0.2) is 0 Å². The maximum atomic E-state index is 6.19. The molecule has 3 nitrogen and oxygen atoms in total. The lowest BCUT2D eigenvalue weighted by molar-refractivity contribution is 0.276. The maximum absolute atomic E-state index is 6.19. The molecule has 0 aromatic carbocycles. The van der Waals surface area contributed by atoms with Gasteiger partial charge >= 0.3 is 0 Å². The second-order valence-electron chi connectivity index (χ2n) is 5.93. The van der Waals surface area contributed by atoms with E-state index < -0.39 is 0 Å². The second-order valence-corrected chi connectivity index (χ2v) is 7.02. The second kappa shape index (κ2) is 5.68. The van der Waals surface area contributed by atoms with E-state index in [9.17, 15) is 0 Å². The normalized spacial score (nSPS) is 18.9. The molecule has 0 unspecified atom stereocenters. The van der Waals surface area contributed by atoms with E-state index in [1.54, 1.807) is 11.3 Å². The van der Waals surface area contributed by atoms with Crippen LogP contribution < -0.4 is 5.73 Å². The minimum atomic E-state index is -0.265. The number of nitrogens with two attached hydrogens (primary N) is 1. The summed E-state index contributed by atoms with van der Waals surface area (Å²) in [6.07, 6.45) is 5.43. The Hall–Kier alpha value is -0.450. The molecule has 0 saturated carbocycles. The van der Waals surface area contributed by atoms with Crippen LogP contribution in [-0.2, 0) is 12.1 Å².